The Bertz CT molecular complexity index is 1400. The van der Waals surface area contributed by atoms with Gasteiger partial charge in [-0.15, -0.1) is 0 Å². The summed E-state index contributed by atoms with van der Waals surface area (Å²) in [6, 6.07) is 27.3. The van der Waals surface area contributed by atoms with Crippen molar-refractivity contribution in [3.8, 4) is 5.75 Å². The molecule has 0 saturated heterocycles. The van der Waals surface area contributed by atoms with Crippen molar-refractivity contribution in [1.29, 1.82) is 0 Å². The summed E-state index contributed by atoms with van der Waals surface area (Å²) in [4.78, 5) is 25.6. The van der Waals surface area contributed by atoms with E-state index in [-0.39, 0.29) is 11.8 Å². The van der Waals surface area contributed by atoms with E-state index >= 15 is 0 Å². The van der Waals surface area contributed by atoms with Gasteiger partial charge in [0, 0.05) is 16.1 Å². The number of rotatable bonds is 9. The van der Waals surface area contributed by atoms with Gasteiger partial charge in [0.15, 0.2) is 0 Å². The Balaban J connectivity index is 1.51. The van der Waals surface area contributed by atoms with E-state index in [4.69, 9.17) is 16.3 Å². The molecule has 0 fully saturated rings. The molecule has 4 rings (SSSR count). The third-order valence-electron chi connectivity index (χ3n) is 5.88. The second kappa shape index (κ2) is 12.2. The first kappa shape index (κ1) is 25.9. The molecular formula is C30H28ClN3O3. The van der Waals surface area contributed by atoms with Gasteiger partial charge in [-0.3, -0.25) is 9.59 Å². The molecule has 7 heteroatoms. The summed E-state index contributed by atoms with van der Waals surface area (Å²) in [5.41, 5.74) is 4.79. The average Bonchev–Trinajstić information content (AvgIpc) is 2.92. The van der Waals surface area contributed by atoms with Crippen LogP contribution in [0.25, 0.3) is 10.8 Å². The Morgan fingerprint density at radius 3 is 2.35 bits per heavy atom. The molecule has 4 aromatic carbocycles. The molecule has 37 heavy (non-hydrogen) atoms. The fraction of sp³-hybridized carbons (Fsp3) is 0.167. The lowest BCUT2D eigenvalue weighted by Gasteiger charge is -2.20. The van der Waals surface area contributed by atoms with E-state index in [0.717, 1.165) is 21.9 Å². The predicted molar refractivity (Wildman–Crippen MR) is 148 cm³/mol. The number of hydrogen-bond donors (Lipinski definition) is 2. The highest BCUT2D eigenvalue weighted by atomic mass is 35.5. The van der Waals surface area contributed by atoms with Crippen LogP contribution in [0.4, 0.5) is 0 Å². The number of ether oxygens (including phenoxy) is 1. The molecule has 6 nitrogen and oxygen atoms in total. The summed E-state index contributed by atoms with van der Waals surface area (Å²) in [6.07, 6.45) is 1.58. The number of halogens is 1. The van der Waals surface area contributed by atoms with Gasteiger partial charge in [-0.2, -0.15) is 5.10 Å². The standard InChI is InChI=1S/C30H28ClN3O3/c1-20(2)28(33-29(35)23-9-4-3-5-10-23)30(36)34-32-18-26-25-11-7-6-8-22(25)14-17-27(26)37-19-21-12-15-24(31)16-13-21/h3-18,20,28H,19H2,1-2H3,(H,33,35)(H,34,36). The summed E-state index contributed by atoms with van der Waals surface area (Å²) >= 11 is 5.99. The molecule has 2 amide bonds. The van der Waals surface area contributed by atoms with Crippen molar-refractivity contribution >= 4 is 40.4 Å². The smallest absolute Gasteiger partial charge is 0.262 e. The predicted octanol–water partition coefficient (Wildman–Crippen LogP) is 5.98. The number of benzene rings is 4. The van der Waals surface area contributed by atoms with Crippen molar-refractivity contribution in [2.24, 2.45) is 11.0 Å². The van der Waals surface area contributed by atoms with Crippen LogP contribution in [0.3, 0.4) is 0 Å². The molecule has 0 aliphatic rings. The lowest BCUT2D eigenvalue weighted by atomic mass is 10.0. The molecule has 0 bridgehead atoms. The lowest BCUT2D eigenvalue weighted by Crippen LogP contribution is -2.48. The first-order chi connectivity index (χ1) is 17.9. The number of hydrogen-bond acceptors (Lipinski definition) is 4. The Morgan fingerprint density at radius 1 is 0.919 bits per heavy atom. The molecule has 0 heterocycles. The minimum atomic E-state index is -0.752. The maximum absolute atomic E-state index is 12.9. The number of nitrogens with zero attached hydrogens (tertiary/aromatic N) is 1. The van der Waals surface area contributed by atoms with Gasteiger partial charge >= 0.3 is 0 Å². The largest absolute Gasteiger partial charge is 0.488 e. The van der Waals surface area contributed by atoms with Gasteiger partial charge in [0.1, 0.15) is 18.4 Å². The number of carbonyl (C=O) groups is 2. The van der Waals surface area contributed by atoms with E-state index in [9.17, 15) is 9.59 Å². The quantitative estimate of drug-likeness (QED) is 0.213. The number of nitrogens with one attached hydrogen (secondary N) is 2. The van der Waals surface area contributed by atoms with Crippen molar-refractivity contribution < 1.29 is 14.3 Å². The fourth-order valence-corrected chi connectivity index (χ4v) is 3.98. The molecule has 188 valence electrons. The number of fused-ring (bicyclic) bond motifs is 1. The SMILES string of the molecule is CC(C)C(NC(=O)c1ccccc1)C(=O)NN=Cc1c(OCc2ccc(Cl)cc2)ccc2ccccc12. The van der Waals surface area contributed by atoms with Crippen LogP contribution in [0.2, 0.25) is 5.02 Å². The molecule has 1 atom stereocenters. The molecule has 0 aliphatic heterocycles. The highest BCUT2D eigenvalue weighted by Gasteiger charge is 2.24. The van der Waals surface area contributed by atoms with E-state index in [1.54, 1.807) is 30.5 Å². The first-order valence-electron chi connectivity index (χ1n) is 12.0. The van der Waals surface area contributed by atoms with E-state index in [2.05, 4.69) is 15.8 Å². The van der Waals surface area contributed by atoms with Gasteiger partial charge < -0.3 is 10.1 Å². The van der Waals surface area contributed by atoms with Gasteiger partial charge in [0.2, 0.25) is 0 Å². The molecule has 4 aromatic rings. The van der Waals surface area contributed by atoms with Crippen LogP contribution in [0.15, 0.2) is 96.1 Å². The lowest BCUT2D eigenvalue weighted by molar-refractivity contribution is -0.123. The zero-order valence-corrected chi connectivity index (χ0v) is 21.4. The Kier molecular flexibility index (Phi) is 8.54. The van der Waals surface area contributed by atoms with Crippen molar-refractivity contribution in [2.75, 3.05) is 0 Å². The molecular weight excluding hydrogens is 486 g/mol. The van der Waals surface area contributed by atoms with Crippen molar-refractivity contribution in [3.63, 3.8) is 0 Å². The summed E-state index contributed by atoms with van der Waals surface area (Å²) in [6.45, 7) is 4.09. The number of amides is 2. The normalized spacial score (nSPS) is 12.0. The minimum Gasteiger partial charge on any atom is -0.488 e. The topological polar surface area (TPSA) is 79.8 Å². The van der Waals surface area contributed by atoms with Crippen molar-refractivity contribution in [1.82, 2.24) is 10.7 Å². The van der Waals surface area contributed by atoms with E-state index in [1.165, 1.54) is 0 Å². The number of hydrazone groups is 1. The van der Waals surface area contributed by atoms with Crippen LogP contribution < -0.4 is 15.5 Å². The van der Waals surface area contributed by atoms with Crippen LogP contribution >= 0.6 is 11.6 Å². The van der Waals surface area contributed by atoms with Crippen LogP contribution in [-0.2, 0) is 11.4 Å². The van der Waals surface area contributed by atoms with Gasteiger partial charge in [0.05, 0.1) is 6.21 Å². The third-order valence-corrected chi connectivity index (χ3v) is 6.13. The molecule has 0 aliphatic carbocycles. The minimum absolute atomic E-state index is 0.140. The summed E-state index contributed by atoms with van der Waals surface area (Å²) in [5, 5.41) is 9.65. The summed E-state index contributed by atoms with van der Waals surface area (Å²) in [7, 11) is 0. The zero-order valence-electron chi connectivity index (χ0n) is 20.6. The van der Waals surface area contributed by atoms with Crippen LogP contribution in [0.1, 0.15) is 35.3 Å². The monoisotopic (exact) mass is 513 g/mol. The maximum atomic E-state index is 12.9. The Labute approximate surface area is 221 Å². The van der Waals surface area contributed by atoms with Crippen LogP contribution in [-0.4, -0.2) is 24.1 Å². The van der Waals surface area contributed by atoms with E-state index in [1.807, 2.05) is 80.6 Å². The second-order valence-electron chi connectivity index (χ2n) is 8.91. The second-order valence-corrected chi connectivity index (χ2v) is 9.35. The molecule has 0 radical (unpaired) electrons. The average molecular weight is 514 g/mol. The highest BCUT2D eigenvalue weighted by Crippen LogP contribution is 2.27. The fourth-order valence-electron chi connectivity index (χ4n) is 3.86. The van der Waals surface area contributed by atoms with E-state index < -0.39 is 11.9 Å². The highest BCUT2D eigenvalue weighted by molar-refractivity contribution is 6.30. The zero-order chi connectivity index (χ0) is 26.2. The van der Waals surface area contributed by atoms with Gasteiger partial charge in [-0.1, -0.05) is 86.1 Å². The summed E-state index contributed by atoms with van der Waals surface area (Å²) < 4.78 is 6.11. The van der Waals surface area contributed by atoms with Crippen molar-refractivity contribution in [2.45, 2.75) is 26.5 Å². The molecule has 0 saturated carbocycles. The molecule has 0 spiro atoms. The van der Waals surface area contributed by atoms with E-state index in [0.29, 0.717) is 22.9 Å². The van der Waals surface area contributed by atoms with Crippen LogP contribution in [0, 0.1) is 5.92 Å². The molecule has 0 aromatic heterocycles. The Hall–Kier alpha value is -4.16. The number of carbonyl (C=O) groups excluding carboxylic acids is 2. The molecule has 2 N–H and O–H groups in total. The first-order valence-corrected chi connectivity index (χ1v) is 12.4. The van der Waals surface area contributed by atoms with Gasteiger partial charge in [0.25, 0.3) is 11.8 Å². The third kappa shape index (κ3) is 6.74. The van der Waals surface area contributed by atoms with Gasteiger partial charge in [-0.25, -0.2) is 5.43 Å². The maximum Gasteiger partial charge on any atom is 0.262 e. The van der Waals surface area contributed by atoms with Crippen molar-refractivity contribution in [3.05, 3.63) is 113 Å². The van der Waals surface area contributed by atoms with Gasteiger partial charge in [-0.05, 0) is 52.6 Å². The summed E-state index contributed by atoms with van der Waals surface area (Å²) in [5.74, 6) is -0.229. The van der Waals surface area contributed by atoms with Crippen LogP contribution in [0.5, 0.6) is 5.75 Å². The molecule has 1 unspecified atom stereocenters. The Morgan fingerprint density at radius 2 is 1.62 bits per heavy atom.